The van der Waals surface area contributed by atoms with Crippen molar-refractivity contribution in [2.24, 2.45) is 0 Å². The molecule has 1 saturated heterocycles. The van der Waals surface area contributed by atoms with E-state index in [4.69, 9.17) is 9.47 Å². The van der Waals surface area contributed by atoms with E-state index in [0.717, 1.165) is 19.0 Å². The number of halogens is 2. The monoisotopic (exact) mass is 441 g/mol. The fourth-order valence-electron chi connectivity index (χ4n) is 3.75. The Morgan fingerprint density at radius 2 is 2.09 bits per heavy atom. The molecule has 1 fully saturated rings. The highest BCUT2D eigenvalue weighted by Crippen LogP contribution is 2.31. The van der Waals surface area contributed by atoms with Crippen LogP contribution in [-0.2, 0) is 27.3 Å². The molecule has 166 valence electrons. The number of carbonyl (C=O) groups is 2. The number of cyclic esters (lactones) is 1. The number of ether oxygens (including phenoxy) is 2. The first-order valence-corrected chi connectivity index (χ1v) is 10.3. The number of carbonyl (C=O) groups excluding carboxylic acids is 2. The summed E-state index contributed by atoms with van der Waals surface area (Å²) >= 11 is 0. The molecule has 0 aliphatic carbocycles. The van der Waals surface area contributed by atoms with Crippen LogP contribution in [0.15, 0.2) is 30.3 Å². The number of esters is 1. The smallest absolute Gasteiger partial charge is 0.338 e. The molecule has 0 saturated carbocycles. The number of amides is 1. The zero-order valence-corrected chi connectivity index (χ0v) is 17.1. The zero-order valence-electron chi connectivity index (χ0n) is 17.1. The van der Waals surface area contributed by atoms with E-state index < -0.39 is 35.7 Å². The molecular formula is C23H21F2N3O4. The van der Waals surface area contributed by atoms with Crippen molar-refractivity contribution in [3.63, 3.8) is 0 Å². The minimum atomic E-state index is -0.949. The standard InChI is InChI=1S/C23H21F2N3O4/c24-19-8-13(17-7-15-12-32-23(30)18(15)9-20(17)25)2-3-14(19)6-16(10-26)28-22(29)21-11-27-4-1-5-31-21/h2-3,7-9,16,21,27H,1,4-6,11-12H2,(H,28,29)/t16-,21-/m0/s1. The highest BCUT2D eigenvalue weighted by atomic mass is 19.1. The maximum Gasteiger partial charge on any atom is 0.338 e. The third kappa shape index (κ3) is 4.61. The first kappa shape index (κ1) is 21.9. The normalized spacial score (nSPS) is 18.8. The van der Waals surface area contributed by atoms with Gasteiger partial charge in [0.1, 0.15) is 30.4 Å². The minimum Gasteiger partial charge on any atom is -0.457 e. The number of nitriles is 1. The quantitative estimate of drug-likeness (QED) is 0.691. The summed E-state index contributed by atoms with van der Waals surface area (Å²) in [7, 11) is 0. The van der Waals surface area contributed by atoms with Crippen LogP contribution in [0.1, 0.15) is 27.9 Å². The molecule has 0 bridgehead atoms. The van der Waals surface area contributed by atoms with Gasteiger partial charge in [-0.05, 0) is 42.3 Å². The molecule has 4 rings (SSSR count). The van der Waals surface area contributed by atoms with Gasteiger partial charge in [0, 0.05) is 30.7 Å². The van der Waals surface area contributed by atoms with Crippen molar-refractivity contribution in [2.75, 3.05) is 19.7 Å². The summed E-state index contributed by atoms with van der Waals surface area (Å²) in [6.07, 6.45) is 0.0277. The van der Waals surface area contributed by atoms with Crippen LogP contribution in [0.4, 0.5) is 8.78 Å². The lowest BCUT2D eigenvalue weighted by Gasteiger charge is -2.18. The Bertz CT molecular complexity index is 1090. The lowest BCUT2D eigenvalue weighted by Crippen LogP contribution is -2.46. The Morgan fingerprint density at radius 3 is 2.88 bits per heavy atom. The molecule has 0 radical (unpaired) electrons. The molecule has 9 heteroatoms. The third-order valence-corrected chi connectivity index (χ3v) is 5.47. The lowest BCUT2D eigenvalue weighted by molar-refractivity contribution is -0.132. The average molecular weight is 441 g/mol. The number of nitrogens with one attached hydrogen (secondary N) is 2. The summed E-state index contributed by atoms with van der Waals surface area (Å²) in [5, 5.41) is 15.1. The maximum absolute atomic E-state index is 14.8. The van der Waals surface area contributed by atoms with E-state index in [1.165, 1.54) is 24.3 Å². The van der Waals surface area contributed by atoms with Crippen LogP contribution in [0.3, 0.4) is 0 Å². The van der Waals surface area contributed by atoms with E-state index in [1.807, 2.05) is 6.07 Å². The van der Waals surface area contributed by atoms with Crippen LogP contribution in [-0.4, -0.2) is 43.7 Å². The highest BCUT2D eigenvalue weighted by Gasteiger charge is 2.25. The van der Waals surface area contributed by atoms with E-state index in [-0.39, 0.29) is 29.7 Å². The van der Waals surface area contributed by atoms with E-state index >= 15 is 0 Å². The number of rotatable bonds is 5. The highest BCUT2D eigenvalue weighted by molar-refractivity contribution is 5.94. The van der Waals surface area contributed by atoms with Crippen LogP contribution >= 0.6 is 0 Å². The number of hydrogen-bond donors (Lipinski definition) is 2. The number of benzene rings is 2. The number of nitrogens with zero attached hydrogens (tertiary/aromatic N) is 1. The molecule has 2 aliphatic rings. The molecule has 2 heterocycles. The summed E-state index contributed by atoms with van der Waals surface area (Å²) in [6, 6.07) is 7.76. The second-order valence-electron chi connectivity index (χ2n) is 7.68. The molecular weight excluding hydrogens is 420 g/mol. The van der Waals surface area contributed by atoms with Crippen molar-refractivity contribution in [1.82, 2.24) is 10.6 Å². The molecule has 32 heavy (non-hydrogen) atoms. The summed E-state index contributed by atoms with van der Waals surface area (Å²) < 4.78 is 39.7. The predicted octanol–water partition coefficient (Wildman–Crippen LogP) is 2.23. The predicted molar refractivity (Wildman–Crippen MR) is 109 cm³/mol. The van der Waals surface area contributed by atoms with Crippen LogP contribution in [0.25, 0.3) is 11.1 Å². The Balaban J connectivity index is 1.48. The first-order chi connectivity index (χ1) is 15.5. The van der Waals surface area contributed by atoms with Crippen molar-refractivity contribution >= 4 is 11.9 Å². The fraction of sp³-hybridized carbons (Fsp3) is 0.348. The van der Waals surface area contributed by atoms with Gasteiger partial charge in [0.2, 0.25) is 0 Å². The molecule has 2 aromatic rings. The van der Waals surface area contributed by atoms with Gasteiger partial charge in [-0.25, -0.2) is 13.6 Å². The van der Waals surface area contributed by atoms with Gasteiger partial charge < -0.3 is 20.1 Å². The molecule has 2 aromatic carbocycles. The molecule has 7 nitrogen and oxygen atoms in total. The minimum absolute atomic E-state index is 0.0474. The number of fused-ring (bicyclic) bond motifs is 1. The Labute approximate surface area is 183 Å². The molecule has 0 unspecified atom stereocenters. The van der Waals surface area contributed by atoms with E-state index in [0.29, 0.717) is 24.3 Å². The average Bonchev–Trinajstić information content (AvgIpc) is 2.97. The van der Waals surface area contributed by atoms with Crippen LogP contribution in [0, 0.1) is 23.0 Å². The fourth-order valence-corrected chi connectivity index (χ4v) is 3.75. The second kappa shape index (κ2) is 9.42. The summed E-state index contributed by atoms with van der Waals surface area (Å²) in [5.74, 6) is -2.30. The molecule has 2 atom stereocenters. The Hall–Kier alpha value is -3.35. The van der Waals surface area contributed by atoms with Gasteiger partial charge in [-0.1, -0.05) is 12.1 Å². The molecule has 2 aliphatic heterocycles. The van der Waals surface area contributed by atoms with Gasteiger partial charge in [0.05, 0.1) is 11.6 Å². The zero-order chi connectivity index (χ0) is 22.7. The van der Waals surface area contributed by atoms with Gasteiger partial charge in [-0.3, -0.25) is 4.79 Å². The van der Waals surface area contributed by atoms with Crippen LogP contribution in [0.2, 0.25) is 0 Å². The number of hydrogen-bond acceptors (Lipinski definition) is 6. The van der Waals surface area contributed by atoms with Crippen molar-refractivity contribution in [3.8, 4) is 17.2 Å². The topological polar surface area (TPSA) is 100 Å². The van der Waals surface area contributed by atoms with Gasteiger partial charge in [0.25, 0.3) is 5.91 Å². The molecule has 2 N–H and O–H groups in total. The van der Waals surface area contributed by atoms with Crippen LogP contribution < -0.4 is 10.6 Å². The van der Waals surface area contributed by atoms with E-state index in [1.54, 1.807) is 0 Å². The Morgan fingerprint density at radius 1 is 1.25 bits per heavy atom. The van der Waals surface area contributed by atoms with Crippen molar-refractivity contribution < 1.29 is 27.8 Å². The Kier molecular flexibility index (Phi) is 6.44. The van der Waals surface area contributed by atoms with Crippen molar-refractivity contribution in [3.05, 3.63) is 58.7 Å². The lowest BCUT2D eigenvalue weighted by atomic mass is 9.97. The van der Waals surface area contributed by atoms with Gasteiger partial charge >= 0.3 is 5.97 Å². The van der Waals surface area contributed by atoms with Gasteiger partial charge in [-0.15, -0.1) is 0 Å². The molecule has 1 amide bonds. The molecule has 0 aromatic heterocycles. The largest absolute Gasteiger partial charge is 0.457 e. The van der Waals surface area contributed by atoms with Crippen molar-refractivity contribution in [2.45, 2.75) is 31.6 Å². The third-order valence-electron chi connectivity index (χ3n) is 5.47. The maximum atomic E-state index is 14.8. The summed E-state index contributed by atoms with van der Waals surface area (Å²) in [4.78, 5) is 24.0. The molecule has 0 spiro atoms. The van der Waals surface area contributed by atoms with E-state index in [9.17, 15) is 23.6 Å². The van der Waals surface area contributed by atoms with Crippen LogP contribution in [0.5, 0.6) is 0 Å². The van der Waals surface area contributed by atoms with Gasteiger partial charge in [0.15, 0.2) is 0 Å². The SMILES string of the molecule is N#C[C@H](Cc1ccc(-c2cc3c(cc2F)C(=O)OC3)cc1F)NC(=O)[C@@H]1CNCCCO1. The van der Waals surface area contributed by atoms with Crippen molar-refractivity contribution in [1.29, 1.82) is 5.26 Å². The summed E-state index contributed by atoms with van der Waals surface area (Å²) in [6.45, 7) is 1.58. The second-order valence-corrected chi connectivity index (χ2v) is 7.68. The van der Waals surface area contributed by atoms with E-state index in [2.05, 4.69) is 10.6 Å². The van der Waals surface area contributed by atoms with Gasteiger partial charge in [-0.2, -0.15) is 5.26 Å². The first-order valence-electron chi connectivity index (χ1n) is 10.3. The summed E-state index contributed by atoms with van der Waals surface area (Å²) in [5.41, 5.74) is 1.36.